The van der Waals surface area contributed by atoms with Crippen molar-refractivity contribution in [1.82, 2.24) is 5.32 Å². The second-order valence-corrected chi connectivity index (χ2v) is 8.79. The van der Waals surface area contributed by atoms with Crippen LogP contribution in [-0.4, -0.2) is 40.2 Å². The third-order valence-corrected chi connectivity index (χ3v) is 5.06. The lowest BCUT2D eigenvalue weighted by molar-refractivity contribution is -0.250. The molecule has 0 saturated heterocycles. The maximum Gasteiger partial charge on any atom is 0.207 e. The minimum atomic E-state index is -1.83. The zero-order valence-electron chi connectivity index (χ0n) is 18.6. The zero-order chi connectivity index (χ0) is 22.9. The number of hydrogen-bond donors (Lipinski definition) is 4. The van der Waals surface area contributed by atoms with Crippen molar-refractivity contribution in [3.05, 3.63) is 77.8 Å². The maximum atomic E-state index is 11.5. The summed E-state index contributed by atoms with van der Waals surface area (Å²) >= 11 is 0. The molecule has 0 aromatic heterocycles. The molecular formula is C25H35N2O4. The molecule has 5 N–H and O–H groups in total. The van der Waals surface area contributed by atoms with Crippen LogP contribution in [0, 0.1) is 6.04 Å². The fraction of sp³-hybridized carbons (Fsp3) is 0.440. The van der Waals surface area contributed by atoms with Crippen LogP contribution in [0.15, 0.2) is 60.7 Å². The van der Waals surface area contributed by atoms with E-state index >= 15 is 0 Å². The van der Waals surface area contributed by atoms with Crippen LogP contribution in [0.2, 0.25) is 0 Å². The Morgan fingerprint density at radius 1 is 1.03 bits per heavy atom. The van der Waals surface area contributed by atoms with Gasteiger partial charge in [0.1, 0.15) is 6.04 Å². The van der Waals surface area contributed by atoms with Gasteiger partial charge in [-0.3, -0.25) is 4.79 Å². The van der Waals surface area contributed by atoms with Crippen LogP contribution in [0.4, 0.5) is 0 Å². The Bertz CT molecular complexity index is 779. The van der Waals surface area contributed by atoms with E-state index < -0.39 is 23.5 Å². The molecule has 0 fully saturated rings. The molecule has 1 amide bonds. The van der Waals surface area contributed by atoms with E-state index in [1.807, 2.05) is 81.4 Å². The van der Waals surface area contributed by atoms with E-state index in [9.17, 15) is 15.0 Å². The van der Waals surface area contributed by atoms with Gasteiger partial charge in [0.25, 0.3) is 0 Å². The molecule has 2 rings (SSSR count). The predicted octanol–water partition coefficient (Wildman–Crippen LogP) is 2.72. The number of amides is 1. The molecule has 0 saturated carbocycles. The Hall–Kier alpha value is -2.25. The number of carbonyl (C=O) groups excluding carboxylic acids is 1. The van der Waals surface area contributed by atoms with E-state index in [2.05, 4.69) is 5.32 Å². The maximum absolute atomic E-state index is 11.5. The van der Waals surface area contributed by atoms with E-state index in [1.165, 1.54) is 0 Å². The predicted molar refractivity (Wildman–Crippen MR) is 122 cm³/mol. The van der Waals surface area contributed by atoms with Gasteiger partial charge in [-0.1, -0.05) is 60.7 Å². The first-order valence-electron chi connectivity index (χ1n) is 10.7. The van der Waals surface area contributed by atoms with Gasteiger partial charge < -0.3 is 26.0 Å². The Kier molecular flexibility index (Phi) is 9.19. The third kappa shape index (κ3) is 8.07. The summed E-state index contributed by atoms with van der Waals surface area (Å²) in [6.45, 7) is 5.46. The Labute approximate surface area is 185 Å². The summed E-state index contributed by atoms with van der Waals surface area (Å²) in [7, 11) is 0. The number of nitrogens with two attached hydrogens (primary N) is 1. The number of ether oxygens (including phenoxy) is 1. The smallest absolute Gasteiger partial charge is 0.207 e. The first kappa shape index (κ1) is 25.0. The van der Waals surface area contributed by atoms with E-state index in [0.717, 1.165) is 11.1 Å². The van der Waals surface area contributed by atoms with Crippen molar-refractivity contribution in [2.45, 2.75) is 70.0 Å². The minimum absolute atomic E-state index is 0.00832. The molecule has 0 bridgehead atoms. The number of carbonyl (C=O) groups is 1. The number of benzene rings is 2. The first-order valence-corrected chi connectivity index (χ1v) is 10.7. The number of aliphatic hydroxyl groups excluding tert-OH is 1. The highest BCUT2D eigenvalue weighted by Crippen LogP contribution is 2.32. The second kappa shape index (κ2) is 11.4. The molecule has 0 heterocycles. The highest BCUT2D eigenvalue weighted by atomic mass is 16.6. The Balaban J connectivity index is 2.17. The lowest BCUT2D eigenvalue weighted by Crippen LogP contribution is -2.59. The molecule has 0 aliphatic carbocycles. The topological polar surface area (TPSA) is 105 Å². The molecule has 6 heteroatoms. The molecule has 31 heavy (non-hydrogen) atoms. The molecule has 3 atom stereocenters. The van der Waals surface area contributed by atoms with Crippen molar-refractivity contribution in [1.29, 1.82) is 0 Å². The van der Waals surface area contributed by atoms with Crippen LogP contribution in [0.5, 0.6) is 0 Å². The van der Waals surface area contributed by atoms with Gasteiger partial charge in [-0.2, -0.15) is 0 Å². The summed E-state index contributed by atoms with van der Waals surface area (Å²) in [5, 5.41) is 24.9. The monoisotopic (exact) mass is 427 g/mol. The van der Waals surface area contributed by atoms with Crippen LogP contribution in [0.3, 0.4) is 0 Å². The van der Waals surface area contributed by atoms with Crippen LogP contribution < -0.4 is 11.1 Å². The normalized spacial score (nSPS) is 15.8. The van der Waals surface area contributed by atoms with E-state index in [1.54, 1.807) is 0 Å². The van der Waals surface area contributed by atoms with Gasteiger partial charge in [-0.25, -0.2) is 0 Å². The molecule has 0 aliphatic heterocycles. The average molecular weight is 428 g/mol. The van der Waals surface area contributed by atoms with Crippen molar-refractivity contribution in [2.24, 2.45) is 5.73 Å². The number of rotatable bonds is 12. The molecule has 1 radical (unpaired) electrons. The molecule has 2 aromatic rings. The van der Waals surface area contributed by atoms with Crippen LogP contribution in [-0.2, 0) is 22.4 Å². The minimum Gasteiger partial charge on any atom is -0.391 e. The number of aliphatic hydroxyl groups is 2. The molecule has 0 aliphatic rings. The molecule has 169 valence electrons. The lowest BCUT2D eigenvalue weighted by atomic mass is 9.88. The Morgan fingerprint density at radius 2 is 1.55 bits per heavy atom. The van der Waals surface area contributed by atoms with Gasteiger partial charge in [-0.15, -0.1) is 0 Å². The van der Waals surface area contributed by atoms with Gasteiger partial charge in [0.15, 0.2) is 5.79 Å². The standard InChI is InChI=1S/C25H35N2O4/c1-24(2,3)31-25(30,17-16-20-12-8-5-9-13-20)23(26)22(27-18-28)21(29)15-14-19-10-6-4-7-11-19/h4-13,18,21-22,29-30H,14-17,26H2,1-3H3,(H,27,28). The van der Waals surface area contributed by atoms with Gasteiger partial charge in [-0.05, 0) is 51.2 Å². The first-order chi connectivity index (χ1) is 14.6. The molecule has 6 nitrogen and oxygen atoms in total. The zero-order valence-corrected chi connectivity index (χ0v) is 18.6. The SMILES string of the molecule is CC(C)(C)OC(O)(CCc1ccccc1)[C](N)C(NC=O)C(O)CCc1ccccc1. The Morgan fingerprint density at radius 3 is 2.03 bits per heavy atom. The van der Waals surface area contributed by atoms with Crippen molar-refractivity contribution in [3.8, 4) is 0 Å². The third-order valence-electron chi connectivity index (χ3n) is 5.06. The van der Waals surface area contributed by atoms with Gasteiger partial charge in [0.2, 0.25) is 6.41 Å². The summed E-state index contributed by atoms with van der Waals surface area (Å²) in [5.41, 5.74) is 7.78. The summed E-state index contributed by atoms with van der Waals surface area (Å²) in [6, 6.07) is 18.5. The highest BCUT2D eigenvalue weighted by molar-refractivity contribution is 5.48. The fourth-order valence-corrected chi connectivity index (χ4v) is 3.57. The highest BCUT2D eigenvalue weighted by Gasteiger charge is 2.45. The fourth-order valence-electron chi connectivity index (χ4n) is 3.57. The van der Waals surface area contributed by atoms with Gasteiger partial charge in [0.05, 0.1) is 17.7 Å². The molecule has 3 unspecified atom stereocenters. The average Bonchev–Trinajstić information content (AvgIpc) is 2.74. The summed E-state index contributed by atoms with van der Waals surface area (Å²) in [6.07, 6.45) is 1.16. The van der Waals surface area contributed by atoms with Crippen LogP contribution >= 0.6 is 0 Å². The van der Waals surface area contributed by atoms with E-state index in [0.29, 0.717) is 25.7 Å². The number of aryl methyl sites for hydroxylation is 2. The van der Waals surface area contributed by atoms with Crippen LogP contribution in [0.25, 0.3) is 0 Å². The van der Waals surface area contributed by atoms with Crippen LogP contribution in [0.1, 0.15) is 44.7 Å². The summed E-state index contributed by atoms with van der Waals surface area (Å²) in [4.78, 5) is 11.3. The van der Waals surface area contributed by atoms with E-state index in [4.69, 9.17) is 10.5 Å². The van der Waals surface area contributed by atoms with Crippen molar-refractivity contribution in [2.75, 3.05) is 0 Å². The second-order valence-electron chi connectivity index (χ2n) is 8.79. The quantitative estimate of drug-likeness (QED) is 0.308. The molecular weight excluding hydrogens is 392 g/mol. The van der Waals surface area contributed by atoms with Crippen molar-refractivity contribution in [3.63, 3.8) is 0 Å². The van der Waals surface area contributed by atoms with Crippen molar-refractivity contribution >= 4 is 6.41 Å². The lowest BCUT2D eigenvalue weighted by Gasteiger charge is -2.42. The van der Waals surface area contributed by atoms with Gasteiger partial charge >= 0.3 is 0 Å². The van der Waals surface area contributed by atoms with Gasteiger partial charge in [0, 0.05) is 6.42 Å². The van der Waals surface area contributed by atoms with Crippen molar-refractivity contribution < 1.29 is 19.7 Å². The number of hydrogen-bond acceptors (Lipinski definition) is 5. The largest absolute Gasteiger partial charge is 0.391 e. The summed E-state index contributed by atoms with van der Waals surface area (Å²) < 4.78 is 5.98. The summed E-state index contributed by atoms with van der Waals surface area (Å²) in [5.74, 6) is -1.83. The number of nitrogens with one attached hydrogen (secondary N) is 1. The molecule has 0 spiro atoms. The molecule has 2 aromatic carbocycles. The van der Waals surface area contributed by atoms with E-state index in [-0.39, 0.29) is 12.5 Å².